The first kappa shape index (κ1) is 24.6. The molecule has 1 atom stereocenters. The Morgan fingerprint density at radius 1 is 0.973 bits per heavy atom. The van der Waals surface area contributed by atoms with Gasteiger partial charge < -0.3 is 13.9 Å². The first-order chi connectivity index (χ1) is 17.7. The Labute approximate surface area is 214 Å². The van der Waals surface area contributed by atoms with Crippen LogP contribution in [0.1, 0.15) is 52.7 Å². The zero-order valence-electron chi connectivity index (χ0n) is 21.4. The van der Waals surface area contributed by atoms with Gasteiger partial charge in [0.2, 0.25) is 5.76 Å². The van der Waals surface area contributed by atoms with E-state index in [1.165, 1.54) is 29.2 Å². The quantitative estimate of drug-likeness (QED) is 0.308. The summed E-state index contributed by atoms with van der Waals surface area (Å²) >= 11 is 0. The van der Waals surface area contributed by atoms with Crippen LogP contribution in [0.4, 0.5) is 10.1 Å². The van der Waals surface area contributed by atoms with E-state index in [1.54, 1.807) is 31.4 Å². The van der Waals surface area contributed by atoms with Gasteiger partial charge in [0, 0.05) is 5.69 Å². The molecule has 1 aliphatic heterocycles. The van der Waals surface area contributed by atoms with E-state index in [9.17, 15) is 14.0 Å². The maximum Gasteiger partial charge on any atom is 0.295 e. The van der Waals surface area contributed by atoms with Crippen LogP contribution in [0.15, 0.2) is 63.8 Å². The van der Waals surface area contributed by atoms with E-state index < -0.39 is 17.8 Å². The van der Waals surface area contributed by atoms with E-state index in [-0.39, 0.29) is 16.8 Å². The average molecular weight is 502 g/mol. The van der Waals surface area contributed by atoms with Gasteiger partial charge >= 0.3 is 0 Å². The summed E-state index contributed by atoms with van der Waals surface area (Å²) in [7, 11) is 1.54. The number of hydrogen-bond donors (Lipinski definition) is 0. The fourth-order valence-electron chi connectivity index (χ4n) is 4.64. The highest BCUT2D eigenvalue weighted by molar-refractivity contribution is 6.10. The molecule has 1 aliphatic rings. The molecule has 7 heteroatoms. The molecule has 1 aromatic heterocycles. The number of rotatable bonds is 6. The molecule has 0 saturated carbocycles. The minimum Gasteiger partial charge on any atom is -0.493 e. The molecule has 1 amide bonds. The van der Waals surface area contributed by atoms with Crippen molar-refractivity contribution in [1.29, 1.82) is 0 Å². The number of ether oxygens (including phenoxy) is 2. The third-order valence-electron chi connectivity index (χ3n) is 6.67. The van der Waals surface area contributed by atoms with Gasteiger partial charge in [0.25, 0.3) is 5.91 Å². The SMILES string of the molecule is COc1cc(C2c3c(oc4cc(C)c(C)cc4c3=O)C(=O)N2c2ccc(F)cc2)ccc1OCC(C)C. The van der Waals surface area contributed by atoms with Gasteiger partial charge in [-0.05, 0) is 85.0 Å². The lowest BCUT2D eigenvalue weighted by molar-refractivity contribution is 0.0971. The molecule has 1 unspecified atom stereocenters. The summed E-state index contributed by atoms with van der Waals surface area (Å²) < 4.78 is 31.3. The second-order valence-corrected chi connectivity index (χ2v) is 9.78. The molecule has 0 bridgehead atoms. The predicted octanol–water partition coefficient (Wildman–Crippen LogP) is 6.34. The van der Waals surface area contributed by atoms with Crippen LogP contribution >= 0.6 is 0 Å². The van der Waals surface area contributed by atoms with Crippen LogP contribution in [0, 0.1) is 25.6 Å². The minimum atomic E-state index is -0.803. The molecule has 37 heavy (non-hydrogen) atoms. The number of methoxy groups -OCH3 is 1. The van der Waals surface area contributed by atoms with Gasteiger partial charge in [-0.3, -0.25) is 14.5 Å². The molecule has 190 valence electrons. The molecule has 5 rings (SSSR count). The highest BCUT2D eigenvalue weighted by atomic mass is 19.1. The summed E-state index contributed by atoms with van der Waals surface area (Å²) in [6, 6.07) is 13.7. The lowest BCUT2D eigenvalue weighted by Crippen LogP contribution is -2.29. The summed E-state index contributed by atoms with van der Waals surface area (Å²) in [6.45, 7) is 8.46. The topological polar surface area (TPSA) is 69.0 Å². The summed E-state index contributed by atoms with van der Waals surface area (Å²) in [5.74, 6) is 0.452. The van der Waals surface area contributed by atoms with E-state index >= 15 is 0 Å². The number of benzene rings is 3. The molecular formula is C30H28FNO5. The first-order valence-electron chi connectivity index (χ1n) is 12.2. The Kier molecular flexibility index (Phi) is 6.23. The minimum absolute atomic E-state index is 0.0193. The maximum atomic E-state index is 13.9. The number of fused-ring (bicyclic) bond motifs is 2. The second-order valence-electron chi connectivity index (χ2n) is 9.78. The van der Waals surface area contributed by atoms with Gasteiger partial charge in [0.15, 0.2) is 16.9 Å². The number of halogens is 1. The molecule has 3 aromatic carbocycles. The van der Waals surface area contributed by atoms with Crippen molar-refractivity contribution in [2.45, 2.75) is 33.7 Å². The number of anilines is 1. The highest BCUT2D eigenvalue weighted by Gasteiger charge is 2.44. The van der Waals surface area contributed by atoms with E-state index in [2.05, 4.69) is 13.8 Å². The van der Waals surface area contributed by atoms with Crippen LogP contribution < -0.4 is 19.8 Å². The standard InChI is InChI=1S/C30H28FNO5/c1-16(2)15-36-23-11-6-19(14-25(23)35-5)27-26-28(33)22-12-17(3)18(4)13-24(22)37-29(26)30(34)32(27)21-9-7-20(31)8-10-21/h6-14,16,27H,15H2,1-5H3. The second kappa shape index (κ2) is 9.39. The van der Waals surface area contributed by atoms with Crippen LogP contribution in [0.5, 0.6) is 11.5 Å². The van der Waals surface area contributed by atoms with Crippen molar-refractivity contribution >= 4 is 22.6 Å². The van der Waals surface area contributed by atoms with Gasteiger partial charge in [0.1, 0.15) is 11.4 Å². The number of aryl methyl sites for hydroxylation is 2. The van der Waals surface area contributed by atoms with Gasteiger partial charge in [-0.1, -0.05) is 19.9 Å². The van der Waals surface area contributed by atoms with Crippen LogP contribution in [-0.4, -0.2) is 19.6 Å². The lowest BCUT2D eigenvalue weighted by atomic mass is 9.97. The largest absolute Gasteiger partial charge is 0.493 e. The summed E-state index contributed by atoms with van der Waals surface area (Å²) in [6.07, 6.45) is 0. The van der Waals surface area contributed by atoms with Gasteiger partial charge in [-0.25, -0.2) is 4.39 Å². The molecule has 0 N–H and O–H groups in total. The van der Waals surface area contributed by atoms with E-state index in [4.69, 9.17) is 13.9 Å². The van der Waals surface area contributed by atoms with E-state index in [0.29, 0.717) is 46.2 Å². The summed E-state index contributed by atoms with van der Waals surface area (Å²) in [5.41, 5.74) is 3.30. The molecule has 2 heterocycles. The summed E-state index contributed by atoms with van der Waals surface area (Å²) in [5, 5.41) is 0.407. The molecular weight excluding hydrogens is 473 g/mol. The zero-order chi connectivity index (χ0) is 26.4. The van der Waals surface area contributed by atoms with Gasteiger partial charge in [-0.15, -0.1) is 0 Å². The molecule has 6 nitrogen and oxygen atoms in total. The maximum absolute atomic E-state index is 13.9. The van der Waals surface area contributed by atoms with Crippen molar-refractivity contribution < 1.29 is 23.1 Å². The third kappa shape index (κ3) is 4.24. The Bertz CT molecular complexity index is 1570. The van der Waals surface area contributed by atoms with Crippen molar-refractivity contribution in [3.63, 3.8) is 0 Å². The molecule has 4 aromatic rings. The smallest absolute Gasteiger partial charge is 0.295 e. The fourth-order valence-corrected chi connectivity index (χ4v) is 4.64. The number of carbonyl (C=O) groups is 1. The van der Waals surface area contributed by atoms with Crippen molar-refractivity contribution in [2.24, 2.45) is 5.92 Å². The van der Waals surface area contributed by atoms with E-state index in [0.717, 1.165) is 11.1 Å². The van der Waals surface area contributed by atoms with Gasteiger partial charge in [0.05, 0.1) is 30.7 Å². The van der Waals surface area contributed by atoms with E-state index in [1.807, 2.05) is 19.9 Å². The first-order valence-corrected chi connectivity index (χ1v) is 12.2. The predicted molar refractivity (Wildman–Crippen MR) is 140 cm³/mol. The van der Waals surface area contributed by atoms with Crippen LogP contribution in [0.3, 0.4) is 0 Å². The average Bonchev–Trinajstić information content (AvgIpc) is 3.16. The molecule has 0 radical (unpaired) electrons. The molecule has 0 fully saturated rings. The fraction of sp³-hybridized carbons (Fsp3) is 0.267. The Morgan fingerprint density at radius 3 is 2.35 bits per heavy atom. The highest BCUT2D eigenvalue weighted by Crippen LogP contribution is 2.43. The normalized spacial score (nSPS) is 14.9. The monoisotopic (exact) mass is 501 g/mol. The van der Waals surface area contributed by atoms with Gasteiger partial charge in [-0.2, -0.15) is 0 Å². The number of amides is 1. The zero-order valence-corrected chi connectivity index (χ0v) is 21.4. The molecule has 0 saturated heterocycles. The molecule has 0 spiro atoms. The lowest BCUT2D eigenvalue weighted by Gasteiger charge is -2.26. The van der Waals surface area contributed by atoms with Crippen molar-refractivity contribution in [3.05, 3.63) is 98.7 Å². The van der Waals surface area contributed by atoms with Crippen molar-refractivity contribution in [3.8, 4) is 11.5 Å². The number of carbonyl (C=O) groups excluding carboxylic acids is 1. The Hall–Kier alpha value is -4.13. The molecule has 0 aliphatic carbocycles. The van der Waals surface area contributed by atoms with Crippen molar-refractivity contribution in [2.75, 3.05) is 18.6 Å². The van der Waals surface area contributed by atoms with Crippen LogP contribution in [0.25, 0.3) is 11.0 Å². The Balaban J connectivity index is 1.74. The summed E-state index contributed by atoms with van der Waals surface area (Å²) in [4.78, 5) is 29.1. The van der Waals surface area contributed by atoms with Crippen LogP contribution in [-0.2, 0) is 0 Å². The number of hydrogen-bond acceptors (Lipinski definition) is 5. The Morgan fingerprint density at radius 2 is 1.68 bits per heavy atom. The third-order valence-corrected chi connectivity index (χ3v) is 6.67. The van der Waals surface area contributed by atoms with Crippen molar-refractivity contribution in [1.82, 2.24) is 0 Å². The van der Waals surface area contributed by atoms with Crippen LogP contribution in [0.2, 0.25) is 0 Å². The number of nitrogens with zero attached hydrogens (tertiary/aromatic N) is 1.